The Hall–Kier alpha value is -1.26. The molecule has 4 heteroatoms. The molecular weight excluding hydrogens is 216 g/mol. The van der Waals surface area contributed by atoms with Crippen molar-refractivity contribution in [1.82, 2.24) is 4.90 Å². The van der Waals surface area contributed by atoms with E-state index in [0.717, 1.165) is 43.2 Å². The summed E-state index contributed by atoms with van der Waals surface area (Å²) in [5.41, 5.74) is 7.71. The van der Waals surface area contributed by atoms with E-state index in [-0.39, 0.29) is 0 Å². The van der Waals surface area contributed by atoms with Crippen molar-refractivity contribution in [3.05, 3.63) is 23.8 Å². The van der Waals surface area contributed by atoms with Crippen molar-refractivity contribution in [3.63, 3.8) is 0 Å². The minimum Gasteiger partial charge on any atom is -0.496 e. The maximum atomic E-state index is 5.81. The van der Waals surface area contributed by atoms with Gasteiger partial charge in [0.1, 0.15) is 5.75 Å². The van der Waals surface area contributed by atoms with E-state index in [1.165, 1.54) is 0 Å². The van der Waals surface area contributed by atoms with E-state index < -0.39 is 0 Å². The predicted octanol–water partition coefficient (Wildman–Crippen LogP) is 1.50. The Kier molecular flexibility index (Phi) is 3.86. The smallest absolute Gasteiger partial charge is 0.123 e. The van der Waals surface area contributed by atoms with E-state index in [4.69, 9.17) is 15.2 Å². The first-order chi connectivity index (χ1) is 8.20. The van der Waals surface area contributed by atoms with Crippen molar-refractivity contribution in [3.8, 4) is 5.75 Å². The highest BCUT2D eigenvalue weighted by Gasteiger charge is 2.21. The molecule has 0 spiro atoms. The molecule has 1 saturated heterocycles. The van der Waals surface area contributed by atoms with E-state index in [0.29, 0.717) is 6.04 Å². The minimum atomic E-state index is 0.501. The van der Waals surface area contributed by atoms with Crippen LogP contribution in [0.3, 0.4) is 0 Å². The van der Waals surface area contributed by atoms with Crippen molar-refractivity contribution in [2.75, 3.05) is 33.1 Å². The highest BCUT2D eigenvalue weighted by atomic mass is 16.5. The second-order valence-electron chi connectivity index (χ2n) is 4.50. The highest BCUT2D eigenvalue weighted by Crippen LogP contribution is 2.24. The monoisotopic (exact) mass is 236 g/mol. The van der Waals surface area contributed by atoms with Crippen molar-refractivity contribution >= 4 is 5.69 Å². The number of likely N-dealkylation sites (N-methyl/N-ethyl adjacent to an activating group) is 1. The molecule has 1 atom stereocenters. The molecule has 4 nitrogen and oxygen atoms in total. The van der Waals surface area contributed by atoms with E-state index in [1.807, 2.05) is 18.2 Å². The Morgan fingerprint density at radius 2 is 2.35 bits per heavy atom. The quantitative estimate of drug-likeness (QED) is 0.805. The van der Waals surface area contributed by atoms with Gasteiger partial charge in [-0.05, 0) is 31.7 Å². The molecule has 1 fully saturated rings. The van der Waals surface area contributed by atoms with E-state index in [9.17, 15) is 0 Å². The van der Waals surface area contributed by atoms with E-state index in [1.54, 1.807) is 7.11 Å². The van der Waals surface area contributed by atoms with Crippen LogP contribution in [0.15, 0.2) is 18.2 Å². The molecule has 1 aromatic carbocycles. The summed E-state index contributed by atoms with van der Waals surface area (Å²) < 4.78 is 10.7. The molecule has 0 bridgehead atoms. The summed E-state index contributed by atoms with van der Waals surface area (Å²) in [5, 5.41) is 0. The summed E-state index contributed by atoms with van der Waals surface area (Å²) in [6, 6.07) is 6.26. The van der Waals surface area contributed by atoms with Crippen molar-refractivity contribution in [2.45, 2.75) is 19.0 Å². The molecule has 1 heterocycles. The third-order valence-corrected chi connectivity index (χ3v) is 3.25. The summed E-state index contributed by atoms with van der Waals surface area (Å²) >= 11 is 0. The Balaban J connectivity index is 2.08. The molecule has 0 radical (unpaired) electrons. The maximum absolute atomic E-state index is 5.81. The van der Waals surface area contributed by atoms with Gasteiger partial charge in [-0.15, -0.1) is 0 Å². The molecule has 0 saturated carbocycles. The summed E-state index contributed by atoms with van der Waals surface area (Å²) in [6.07, 6.45) is 1.10. The van der Waals surface area contributed by atoms with Gasteiger partial charge in [-0.3, -0.25) is 4.90 Å². The van der Waals surface area contributed by atoms with Gasteiger partial charge < -0.3 is 15.2 Å². The van der Waals surface area contributed by atoms with Gasteiger partial charge in [0, 0.05) is 30.4 Å². The van der Waals surface area contributed by atoms with Crippen molar-refractivity contribution in [2.24, 2.45) is 0 Å². The fraction of sp³-hybridized carbons (Fsp3) is 0.538. The number of rotatable bonds is 4. The zero-order valence-corrected chi connectivity index (χ0v) is 10.5. The first kappa shape index (κ1) is 12.2. The van der Waals surface area contributed by atoms with Crippen LogP contribution >= 0.6 is 0 Å². The molecule has 1 aliphatic heterocycles. The van der Waals surface area contributed by atoms with Crippen LogP contribution in [-0.4, -0.2) is 38.3 Å². The first-order valence-electron chi connectivity index (χ1n) is 5.91. The fourth-order valence-electron chi connectivity index (χ4n) is 2.19. The van der Waals surface area contributed by atoms with Gasteiger partial charge in [0.05, 0.1) is 13.7 Å². The molecule has 1 aromatic rings. The van der Waals surface area contributed by atoms with Crippen LogP contribution in [0.1, 0.15) is 12.0 Å². The number of hydrogen-bond donors (Lipinski definition) is 1. The third kappa shape index (κ3) is 2.90. The Labute approximate surface area is 102 Å². The molecule has 94 valence electrons. The number of nitrogen functional groups attached to an aromatic ring is 1. The Bertz CT molecular complexity index is 376. The topological polar surface area (TPSA) is 47.7 Å². The number of ether oxygens (including phenoxy) is 2. The molecular formula is C13H20N2O2. The van der Waals surface area contributed by atoms with Gasteiger partial charge in [0.15, 0.2) is 0 Å². The Morgan fingerprint density at radius 1 is 1.53 bits per heavy atom. The molecule has 1 unspecified atom stereocenters. The largest absolute Gasteiger partial charge is 0.496 e. The second kappa shape index (κ2) is 5.38. The van der Waals surface area contributed by atoms with Crippen LogP contribution in [0.25, 0.3) is 0 Å². The summed E-state index contributed by atoms with van der Waals surface area (Å²) in [7, 11) is 3.80. The minimum absolute atomic E-state index is 0.501. The molecule has 17 heavy (non-hydrogen) atoms. The van der Waals surface area contributed by atoms with Gasteiger partial charge in [0.25, 0.3) is 0 Å². The van der Waals surface area contributed by atoms with Crippen LogP contribution in [0.5, 0.6) is 5.75 Å². The normalized spacial score (nSPS) is 19.8. The lowest BCUT2D eigenvalue weighted by atomic mass is 10.1. The number of anilines is 1. The lowest BCUT2D eigenvalue weighted by Crippen LogP contribution is -2.31. The number of nitrogens with two attached hydrogens (primary N) is 1. The van der Waals surface area contributed by atoms with Gasteiger partial charge in [-0.2, -0.15) is 0 Å². The molecule has 0 aliphatic carbocycles. The Morgan fingerprint density at radius 3 is 3.00 bits per heavy atom. The zero-order valence-electron chi connectivity index (χ0n) is 10.5. The van der Waals surface area contributed by atoms with E-state index >= 15 is 0 Å². The molecule has 0 amide bonds. The van der Waals surface area contributed by atoms with Gasteiger partial charge in [-0.1, -0.05) is 0 Å². The van der Waals surface area contributed by atoms with E-state index in [2.05, 4.69) is 11.9 Å². The molecule has 1 aliphatic rings. The SMILES string of the molecule is COc1ccc(N)cc1CN(C)C1CCOC1. The van der Waals surface area contributed by atoms with Crippen molar-refractivity contribution < 1.29 is 9.47 Å². The average Bonchev–Trinajstić information content (AvgIpc) is 2.83. The molecule has 0 aromatic heterocycles. The first-order valence-corrected chi connectivity index (χ1v) is 5.91. The van der Waals surface area contributed by atoms with Gasteiger partial charge in [-0.25, -0.2) is 0 Å². The average molecular weight is 236 g/mol. The number of nitrogens with zero attached hydrogens (tertiary/aromatic N) is 1. The summed E-state index contributed by atoms with van der Waals surface area (Å²) in [4.78, 5) is 2.30. The highest BCUT2D eigenvalue weighted by molar-refractivity contribution is 5.47. The fourth-order valence-corrected chi connectivity index (χ4v) is 2.19. The van der Waals surface area contributed by atoms with Crippen LogP contribution in [0.2, 0.25) is 0 Å². The number of benzene rings is 1. The van der Waals surface area contributed by atoms with Crippen LogP contribution in [0, 0.1) is 0 Å². The maximum Gasteiger partial charge on any atom is 0.123 e. The van der Waals surface area contributed by atoms with Crippen molar-refractivity contribution in [1.29, 1.82) is 0 Å². The van der Waals surface area contributed by atoms with Gasteiger partial charge >= 0.3 is 0 Å². The lowest BCUT2D eigenvalue weighted by molar-refractivity contribution is 0.156. The summed E-state index contributed by atoms with van der Waals surface area (Å²) in [5.74, 6) is 0.893. The van der Waals surface area contributed by atoms with Gasteiger partial charge in [0.2, 0.25) is 0 Å². The second-order valence-corrected chi connectivity index (χ2v) is 4.50. The van der Waals surface area contributed by atoms with Crippen LogP contribution < -0.4 is 10.5 Å². The van der Waals surface area contributed by atoms with Crippen LogP contribution in [-0.2, 0) is 11.3 Å². The predicted molar refractivity (Wildman–Crippen MR) is 68.1 cm³/mol. The number of hydrogen-bond acceptors (Lipinski definition) is 4. The standard InChI is InChI=1S/C13H20N2O2/c1-15(12-5-6-17-9-12)8-10-7-11(14)3-4-13(10)16-2/h3-4,7,12H,5-6,8-9,14H2,1-2H3. The number of methoxy groups -OCH3 is 1. The molecule has 2 rings (SSSR count). The van der Waals surface area contributed by atoms with Crippen LogP contribution in [0.4, 0.5) is 5.69 Å². The zero-order chi connectivity index (χ0) is 12.3. The summed E-state index contributed by atoms with van der Waals surface area (Å²) in [6.45, 7) is 2.52. The lowest BCUT2D eigenvalue weighted by Gasteiger charge is -2.23. The molecule has 2 N–H and O–H groups in total. The third-order valence-electron chi connectivity index (χ3n) is 3.25.